The number of ether oxygens (including phenoxy) is 1. The molecule has 0 bridgehead atoms. The molecule has 0 saturated heterocycles. The van der Waals surface area contributed by atoms with Crippen molar-refractivity contribution in [3.63, 3.8) is 0 Å². The second-order valence-corrected chi connectivity index (χ2v) is 4.10. The lowest BCUT2D eigenvalue weighted by Crippen LogP contribution is -2.11. The molecule has 0 aliphatic rings. The van der Waals surface area contributed by atoms with Crippen molar-refractivity contribution >= 4 is 17.2 Å². The molecule has 0 atom stereocenters. The van der Waals surface area contributed by atoms with Gasteiger partial charge in [-0.05, 0) is 18.2 Å². The van der Waals surface area contributed by atoms with E-state index in [2.05, 4.69) is 4.98 Å². The molecule has 2 aromatic rings. The molecule has 0 saturated carbocycles. The number of halogens is 1. The molecule has 0 aliphatic carbocycles. The molecule has 0 fully saturated rings. The molecule has 1 aromatic heterocycles. The van der Waals surface area contributed by atoms with Crippen LogP contribution >= 0.6 is 12.2 Å². The van der Waals surface area contributed by atoms with E-state index in [4.69, 9.17) is 22.7 Å². The Hall–Kier alpha value is -2.01. The highest BCUT2D eigenvalue weighted by Gasteiger charge is 2.05. The summed E-state index contributed by atoms with van der Waals surface area (Å²) in [7, 11) is 0. The summed E-state index contributed by atoms with van der Waals surface area (Å²) in [5.74, 6) is 0.188. The van der Waals surface area contributed by atoms with Gasteiger partial charge in [0.2, 0.25) is 0 Å². The molecule has 2 N–H and O–H groups in total. The van der Waals surface area contributed by atoms with Crippen molar-refractivity contribution in [3.8, 4) is 5.75 Å². The second kappa shape index (κ2) is 5.55. The number of hydrogen-bond donors (Lipinski definition) is 1. The highest BCUT2D eigenvalue weighted by molar-refractivity contribution is 7.80. The Labute approximate surface area is 109 Å². The molecule has 2 rings (SSSR count). The first kappa shape index (κ1) is 12.4. The van der Waals surface area contributed by atoms with Crippen LogP contribution in [0.3, 0.4) is 0 Å². The lowest BCUT2D eigenvalue weighted by Gasteiger charge is -2.10. The molecule has 18 heavy (non-hydrogen) atoms. The number of para-hydroxylation sites is 1. The zero-order valence-corrected chi connectivity index (χ0v) is 10.3. The molecule has 3 nitrogen and oxygen atoms in total. The molecule has 0 aliphatic heterocycles. The standard InChI is InChI=1S/C13H11FN2OS/c14-10-5-9(6-16-7-10)8-17-12-4-2-1-3-11(12)13(15)18/h1-7H,8H2,(H2,15,18). The van der Waals surface area contributed by atoms with Crippen molar-refractivity contribution in [2.24, 2.45) is 5.73 Å². The van der Waals surface area contributed by atoms with Gasteiger partial charge in [0.25, 0.3) is 0 Å². The van der Waals surface area contributed by atoms with Crippen LogP contribution in [0, 0.1) is 5.82 Å². The van der Waals surface area contributed by atoms with Gasteiger partial charge in [-0.25, -0.2) is 4.39 Å². The first-order chi connectivity index (χ1) is 8.66. The Morgan fingerprint density at radius 2 is 2.11 bits per heavy atom. The lowest BCUT2D eigenvalue weighted by molar-refractivity contribution is 0.304. The average molecular weight is 262 g/mol. The van der Waals surface area contributed by atoms with Gasteiger partial charge in [0, 0.05) is 11.8 Å². The summed E-state index contributed by atoms with van der Waals surface area (Å²) in [5, 5.41) is 0. The minimum atomic E-state index is -0.390. The quantitative estimate of drug-likeness (QED) is 0.860. The maximum absolute atomic E-state index is 12.9. The molecule has 92 valence electrons. The average Bonchev–Trinajstić information content (AvgIpc) is 2.37. The number of nitrogens with zero attached hydrogens (tertiary/aromatic N) is 1. The van der Waals surface area contributed by atoms with Crippen molar-refractivity contribution < 1.29 is 9.13 Å². The Kier molecular flexibility index (Phi) is 3.84. The van der Waals surface area contributed by atoms with Crippen LogP contribution < -0.4 is 10.5 Å². The molecule has 1 aromatic carbocycles. The summed E-state index contributed by atoms with van der Waals surface area (Å²) in [6.45, 7) is 0.213. The fourth-order valence-corrected chi connectivity index (χ4v) is 1.66. The molecular weight excluding hydrogens is 251 g/mol. The zero-order chi connectivity index (χ0) is 13.0. The Morgan fingerprint density at radius 1 is 1.33 bits per heavy atom. The number of thiocarbonyl (C=S) groups is 1. The van der Waals surface area contributed by atoms with Crippen LogP contribution in [0.1, 0.15) is 11.1 Å². The summed E-state index contributed by atoms with van der Waals surface area (Å²) in [5.41, 5.74) is 6.90. The van der Waals surface area contributed by atoms with Crippen LogP contribution in [0.4, 0.5) is 4.39 Å². The van der Waals surface area contributed by atoms with Gasteiger partial charge in [-0.3, -0.25) is 4.98 Å². The topological polar surface area (TPSA) is 48.1 Å². The highest BCUT2D eigenvalue weighted by atomic mass is 32.1. The number of benzene rings is 1. The van der Waals surface area contributed by atoms with Crippen molar-refractivity contribution in [3.05, 3.63) is 59.7 Å². The summed E-state index contributed by atoms with van der Waals surface area (Å²) in [6.07, 6.45) is 2.69. The van der Waals surface area contributed by atoms with Crippen LogP contribution in [0.2, 0.25) is 0 Å². The van der Waals surface area contributed by atoms with E-state index < -0.39 is 5.82 Å². The largest absolute Gasteiger partial charge is 0.488 e. The van der Waals surface area contributed by atoms with Crippen molar-refractivity contribution in [2.75, 3.05) is 0 Å². The van der Waals surface area contributed by atoms with Gasteiger partial charge in [-0.2, -0.15) is 0 Å². The third-order valence-electron chi connectivity index (χ3n) is 2.31. The number of nitrogens with two attached hydrogens (primary N) is 1. The normalized spacial score (nSPS) is 10.1. The monoisotopic (exact) mass is 262 g/mol. The SMILES string of the molecule is NC(=S)c1ccccc1OCc1cncc(F)c1. The van der Waals surface area contributed by atoms with Crippen LogP contribution in [0.15, 0.2) is 42.7 Å². The predicted molar refractivity (Wildman–Crippen MR) is 70.9 cm³/mol. The van der Waals surface area contributed by atoms with E-state index in [0.29, 0.717) is 16.9 Å². The van der Waals surface area contributed by atoms with Crippen molar-refractivity contribution in [2.45, 2.75) is 6.61 Å². The fourth-order valence-electron chi connectivity index (χ4n) is 1.49. The van der Waals surface area contributed by atoms with E-state index in [1.165, 1.54) is 6.07 Å². The Morgan fingerprint density at radius 3 is 2.83 bits per heavy atom. The van der Waals surface area contributed by atoms with E-state index in [0.717, 1.165) is 6.20 Å². The van der Waals surface area contributed by atoms with E-state index in [1.54, 1.807) is 18.3 Å². The maximum atomic E-state index is 12.9. The highest BCUT2D eigenvalue weighted by Crippen LogP contribution is 2.19. The van der Waals surface area contributed by atoms with E-state index >= 15 is 0 Å². The lowest BCUT2D eigenvalue weighted by atomic mass is 10.2. The first-order valence-electron chi connectivity index (χ1n) is 5.28. The van der Waals surface area contributed by atoms with Gasteiger partial charge in [-0.1, -0.05) is 24.4 Å². The van der Waals surface area contributed by atoms with E-state index in [1.807, 2.05) is 12.1 Å². The van der Waals surface area contributed by atoms with Gasteiger partial charge >= 0.3 is 0 Å². The van der Waals surface area contributed by atoms with Gasteiger partial charge in [0.15, 0.2) is 0 Å². The molecule has 5 heteroatoms. The number of aromatic nitrogens is 1. The van der Waals surface area contributed by atoms with Gasteiger partial charge in [-0.15, -0.1) is 0 Å². The van der Waals surface area contributed by atoms with Gasteiger partial charge < -0.3 is 10.5 Å². The number of pyridine rings is 1. The third kappa shape index (κ3) is 3.01. The number of hydrogen-bond acceptors (Lipinski definition) is 3. The summed E-state index contributed by atoms with van der Waals surface area (Å²) < 4.78 is 18.5. The predicted octanol–water partition coefficient (Wildman–Crippen LogP) is 2.43. The zero-order valence-electron chi connectivity index (χ0n) is 9.47. The van der Waals surface area contributed by atoms with Crippen LogP contribution in [0.5, 0.6) is 5.75 Å². The second-order valence-electron chi connectivity index (χ2n) is 3.66. The molecule has 0 amide bonds. The summed E-state index contributed by atoms with van der Waals surface area (Å²) in [6, 6.07) is 8.56. The van der Waals surface area contributed by atoms with E-state index in [9.17, 15) is 4.39 Å². The van der Waals surface area contributed by atoms with Crippen molar-refractivity contribution in [1.29, 1.82) is 0 Å². The van der Waals surface area contributed by atoms with Crippen LogP contribution in [-0.2, 0) is 6.61 Å². The molecular formula is C13H11FN2OS. The van der Waals surface area contributed by atoms with Gasteiger partial charge in [0.1, 0.15) is 23.2 Å². The Balaban J connectivity index is 2.13. The minimum Gasteiger partial charge on any atom is -0.488 e. The van der Waals surface area contributed by atoms with Crippen LogP contribution in [0.25, 0.3) is 0 Å². The fraction of sp³-hybridized carbons (Fsp3) is 0.0769. The first-order valence-corrected chi connectivity index (χ1v) is 5.68. The van der Waals surface area contributed by atoms with Crippen LogP contribution in [-0.4, -0.2) is 9.97 Å². The molecule has 0 spiro atoms. The van der Waals surface area contributed by atoms with Crippen molar-refractivity contribution in [1.82, 2.24) is 4.98 Å². The molecule has 0 radical (unpaired) electrons. The molecule has 0 unspecified atom stereocenters. The van der Waals surface area contributed by atoms with E-state index in [-0.39, 0.29) is 11.6 Å². The Bertz CT molecular complexity index is 574. The smallest absolute Gasteiger partial charge is 0.141 e. The van der Waals surface area contributed by atoms with Gasteiger partial charge in [0.05, 0.1) is 11.8 Å². The summed E-state index contributed by atoms with van der Waals surface area (Å²) in [4.78, 5) is 4.02. The summed E-state index contributed by atoms with van der Waals surface area (Å²) >= 11 is 4.93. The number of rotatable bonds is 4. The molecule has 1 heterocycles. The maximum Gasteiger partial charge on any atom is 0.141 e. The minimum absolute atomic E-state index is 0.213. The third-order valence-corrected chi connectivity index (χ3v) is 2.53.